The molecule has 0 bridgehead atoms. The van der Waals surface area contributed by atoms with E-state index < -0.39 is 0 Å². The molecule has 0 spiro atoms. The standard InChI is InChI=1S/C17H25N3OS/c1-3-5-6-9-12-20-14-11-8-7-10-13(14)19-17(20)22-15(4-2)16(18)21/h7-8,10-11,15H,3-6,9,12H2,1-2H3,(H2,18,21). The number of amides is 1. The highest BCUT2D eigenvalue weighted by Crippen LogP contribution is 2.29. The first-order valence-corrected chi connectivity index (χ1v) is 8.96. The summed E-state index contributed by atoms with van der Waals surface area (Å²) >= 11 is 1.49. The summed E-state index contributed by atoms with van der Waals surface area (Å²) in [7, 11) is 0. The number of rotatable bonds is 9. The fourth-order valence-corrected chi connectivity index (χ4v) is 3.53. The van der Waals surface area contributed by atoms with Crippen molar-refractivity contribution in [1.82, 2.24) is 9.55 Å². The molecule has 0 radical (unpaired) electrons. The average Bonchev–Trinajstić information content (AvgIpc) is 2.86. The van der Waals surface area contributed by atoms with Crippen LogP contribution in [-0.2, 0) is 11.3 Å². The van der Waals surface area contributed by atoms with Gasteiger partial charge in [0.15, 0.2) is 5.16 Å². The Morgan fingerprint density at radius 1 is 1.27 bits per heavy atom. The summed E-state index contributed by atoms with van der Waals surface area (Å²) in [6.07, 6.45) is 5.56. The zero-order valence-corrected chi connectivity index (χ0v) is 14.2. The van der Waals surface area contributed by atoms with Gasteiger partial charge < -0.3 is 10.3 Å². The van der Waals surface area contributed by atoms with E-state index in [1.165, 1.54) is 31.0 Å². The van der Waals surface area contributed by atoms with E-state index in [-0.39, 0.29) is 11.2 Å². The van der Waals surface area contributed by atoms with E-state index in [9.17, 15) is 4.79 Å². The number of carbonyl (C=O) groups is 1. The summed E-state index contributed by atoms with van der Waals surface area (Å²) in [5, 5.41) is 0.689. The molecule has 0 fully saturated rings. The normalized spacial score (nSPS) is 12.6. The van der Waals surface area contributed by atoms with Crippen LogP contribution in [0.1, 0.15) is 46.0 Å². The molecule has 0 saturated carbocycles. The van der Waals surface area contributed by atoms with E-state index >= 15 is 0 Å². The van der Waals surface area contributed by atoms with Gasteiger partial charge in [0.2, 0.25) is 5.91 Å². The highest BCUT2D eigenvalue weighted by molar-refractivity contribution is 8.00. The second-order valence-corrected chi connectivity index (χ2v) is 6.68. The third-order valence-electron chi connectivity index (χ3n) is 3.79. The number of hydrogen-bond donors (Lipinski definition) is 1. The first kappa shape index (κ1) is 16.9. The minimum absolute atomic E-state index is 0.216. The molecular weight excluding hydrogens is 294 g/mol. The molecule has 1 amide bonds. The van der Waals surface area contributed by atoms with Crippen molar-refractivity contribution in [2.45, 2.75) is 62.9 Å². The van der Waals surface area contributed by atoms with Crippen LogP contribution in [0.4, 0.5) is 0 Å². The van der Waals surface area contributed by atoms with Gasteiger partial charge in [0.1, 0.15) is 0 Å². The van der Waals surface area contributed by atoms with E-state index in [4.69, 9.17) is 10.7 Å². The predicted octanol–water partition coefficient (Wildman–Crippen LogP) is 3.97. The number of nitrogens with two attached hydrogens (primary N) is 1. The molecule has 0 aliphatic heterocycles. The smallest absolute Gasteiger partial charge is 0.231 e. The molecule has 0 aliphatic rings. The van der Waals surface area contributed by atoms with Crippen LogP contribution in [0, 0.1) is 0 Å². The molecule has 22 heavy (non-hydrogen) atoms. The number of imidazole rings is 1. The fraction of sp³-hybridized carbons (Fsp3) is 0.529. The van der Waals surface area contributed by atoms with Gasteiger partial charge in [-0.15, -0.1) is 0 Å². The van der Waals surface area contributed by atoms with Gasteiger partial charge in [-0.1, -0.05) is 57.0 Å². The second kappa shape index (κ2) is 8.22. The molecule has 1 atom stereocenters. The number of benzene rings is 1. The third kappa shape index (κ3) is 4.03. The Morgan fingerprint density at radius 3 is 2.73 bits per heavy atom. The van der Waals surface area contributed by atoms with Gasteiger partial charge in [-0.05, 0) is 25.0 Å². The van der Waals surface area contributed by atoms with Crippen molar-refractivity contribution in [2.24, 2.45) is 5.73 Å². The van der Waals surface area contributed by atoms with Crippen molar-refractivity contribution in [2.75, 3.05) is 0 Å². The Balaban J connectivity index is 2.25. The number of unbranched alkanes of at least 4 members (excludes halogenated alkanes) is 3. The van der Waals surface area contributed by atoms with Gasteiger partial charge in [-0.2, -0.15) is 0 Å². The lowest BCUT2D eigenvalue weighted by Gasteiger charge is -2.12. The number of thioether (sulfide) groups is 1. The van der Waals surface area contributed by atoms with Crippen molar-refractivity contribution in [3.05, 3.63) is 24.3 Å². The van der Waals surface area contributed by atoms with Crippen molar-refractivity contribution < 1.29 is 4.79 Å². The number of aryl methyl sites for hydroxylation is 1. The Morgan fingerprint density at radius 2 is 2.05 bits per heavy atom. The molecule has 1 unspecified atom stereocenters. The minimum Gasteiger partial charge on any atom is -0.369 e. The number of nitrogens with zero attached hydrogens (tertiary/aromatic N) is 2. The first-order chi connectivity index (χ1) is 10.7. The van der Waals surface area contributed by atoms with Crippen LogP contribution in [0.5, 0.6) is 0 Å². The van der Waals surface area contributed by atoms with Crippen LogP contribution < -0.4 is 5.73 Å². The molecule has 2 N–H and O–H groups in total. The maximum absolute atomic E-state index is 11.5. The molecule has 1 heterocycles. The summed E-state index contributed by atoms with van der Waals surface area (Å²) in [5.74, 6) is -0.267. The number of carbonyl (C=O) groups excluding carboxylic acids is 1. The lowest BCUT2D eigenvalue weighted by atomic mass is 10.2. The minimum atomic E-state index is -0.267. The molecule has 120 valence electrons. The number of fused-ring (bicyclic) bond motifs is 1. The van der Waals surface area contributed by atoms with Gasteiger partial charge >= 0.3 is 0 Å². The Kier molecular flexibility index (Phi) is 6.31. The first-order valence-electron chi connectivity index (χ1n) is 8.08. The quantitative estimate of drug-likeness (QED) is 0.562. The van der Waals surface area contributed by atoms with Crippen LogP contribution in [0.3, 0.4) is 0 Å². The predicted molar refractivity (Wildman–Crippen MR) is 93.0 cm³/mol. The highest BCUT2D eigenvalue weighted by atomic mass is 32.2. The molecule has 2 aromatic rings. The lowest BCUT2D eigenvalue weighted by Crippen LogP contribution is -2.25. The van der Waals surface area contributed by atoms with Crippen LogP contribution >= 0.6 is 11.8 Å². The van der Waals surface area contributed by atoms with E-state index in [0.717, 1.165) is 35.6 Å². The highest BCUT2D eigenvalue weighted by Gasteiger charge is 2.19. The van der Waals surface area contributed by atoms with Crippen LogP contribution in [0.15, 0.2) is 29.4 Å². The number of primary amides is 1. The van der Waals surface area contributed by atoms with E-state index in [1.807, 2.05) is 25.1 Å². The van der Waals surface area contributed by atoms with Gasteiger partial charge in [0.05, 0.1) is 16.3 Å². The van der Waals surface area contributed by atoms with E-state index in [1.54, 1.807) is 0 Å². The molecule has 0 saturated heterocycles. The van der Waals surface area contributed by atoms with Crippen molar-refractivity contribution in [1.29, 1.82) is 0 Å². The third-order valence-corrected chi connectivity index (χ3v) is 5.16. The van der Waals surface area contributed by atoms with E-state index in [0.29, 0.717) is 0 Å². The molecule has 4 nitrogen and oxygen atoms in total. The zero-order valence-electron chi connectivity index (χ0n) is 13.4. The summed E-state index contributed by atoms with van der Waals surface area (Å²) < 4.78 is 2.24. The number of para-hydroxylation sites is 2. The monoisotopic (exact) mass is 319 g/mol. The summed E-state index contributed by atoms with van der Waals surface area (Å²) in [5.41, 5.74) is 7.61. The Bertz CT molecular complexity index is 623. The molecule has 1 aromatic heterocycles. The Hall–Kier alpha value is -1.49. The summed E-state index contributed by atoms with van der Waals surface area (Å²) in [6.45, 7) is 5.14. The summed E-state index contributed by atoms with van der Waals surface area (Å²) in [6, 6.07) is 8.15. The average molecular weight is 319 g/mol. The van der Waals surface area contributed by atoms with Crippen molar-refractivity contribution in [3.8, 4) is 0 Å². The van der Waals surface area contributed by atoms with E-state index in [2.05, 4.69) is 17.6 Å². The zero-order chi connectivity index (χ0) is 15.9. The molecular formula is C17H25N3OS. The number of aromatic nitrogens is 2. The maximum atomic E-state index is 11.5. The Labute approximate surface area is 136 Å². The SMILES string of the molecule is CCCCCCn1c(SC(CC)C(N)=O)nc2ccccc21. The van der Waals surface area contributed by atoms with Crippen LogP contribution in [-0.4, -0.2) is 20.7 Å². The lowest BCUT2D eigenvalue weighted by molar-refractivity contribution is -0.117. The molecule has 5 heteroatoms. The fourth-order valence-electron chi connectivity index (χ4n) is 2.53. The summed E-state index contributed by atoms with van der Waals surface area (Å²) in [4.78, 5) is 16.2. The van der Waals surface area contributed by atoms with Gasteiger partial charge in [-0.3, -0.25) is 4.79 Å². The van der Waals surface area contributed by atoms with Gasteiger partial charge in [0, 0.05) is 6.54 Å². The molecule has 0 aliphatic carbocycles. The molecule has 1 aromatic carbocycles. The van der Waals surface area contributed by atoms with Crippen LogP contribution in [0.25, 0.3) is 11.0 Å². The topological polar surface area (TPSA) is 60.9 Å². The number of hydrogen-bond acceptors (Lipinski definition) is 3. The van der Waals surface area contributed by atoms with Crippen LogP contribution in [0.2, 0.25) is 0 Å². The van der Waals surface area contributed by atoms with Gasteiger partial charge in [-0.25, -0.2) is 4.98 Å². The second-order valence-electron chi connectivity index (χ2n) is 5.51. The van der Waals surface area contributed by atoms with Crippen molar-refractivity contribution in [3.63, 3.8) is 0 Å². The maximum Gasteiger partial charge on any atom is 0.231 e. The van der Waals surface area contributed by atoms with Gasteiger partial charge in [0.25, 0.3) is 0 Å². The largest absolute Gasteiger partial charge is 0.369 e. The van der Waals surface area contributed by atoms with Crippen molar-refractivity contribution >= 4 is 28.7 Å². The molecule has 2 rings (SSSR count).